The van der Waals surface area contributed by atoms with Crippen molar-refractivity contribution in [2.75, 3.05) is 0 Å². The molecule has 1 aromatic carbocycles. The van der Waals surface area contributed by atoms with Crippen molar-refractivity contribution in [2.45, 2.75) is 45.3 Å². The molecule has 0 saturated heterocycles. The lowest BCUT2D eigenvalue weighted by Gasteiger charge is -2.10. The monoisotopic (exact) mass is 318 g/mol. The van der Waals surface area contributed by atoms with Gasteiger partial charge in [-0.2, -0.15) is 13.2 Å². The Balaban J connectivity index is 2.35. The zero-order chi connectivity index (χ0) is 15.6. The average Bonchev–Trinajstić information content (AvgIpc) is 2.74. The predicted octanol–water partition coefficient (Wildman–Crippen LogP) is 5.23. The molecule has 0 amide bonds. The topological polar surface area (TPSA) is 17.8 Å². The number of nitrogens with zero attached hydrogens (tertiary/aromatic N) is 2. The van der Waals surface area contributed by atoms with Crippen molar-refractivity contribution in [1.82, 2.24) is 9.55 Å². The van der Waals surface area contributed by atoms with Gasteiger partial charge < -0.3 is 4.57 Å². The first-order chi connectivity index (χ1) is 9.82. The molecular weight excluding hydrogens is 301 g/mol. The van der Waals surface area contributed by atoms with E-state index in [-0.39, 0.29) is 5.88 Å². The summed E-state index contributed by atoms with van der Waals surface area (Å²) in [5.41, 5.74) is 0.385. The van der Waals surface area contributed by atoms with Crippen LogP contribution in [0.4, 0.5) is 13.2 Å². The molecule has 0 spiro atoms. The molecule has 0 N–H and O–H groups in total. The standard InChI is InChI=1S/C15H18ClF3N2/c1-10(2)4-3-7-21-13-6-5-11(15(17,18)19)8-12(13)20-14(21)9-16/h5-6,8,10H,3-4,7,9H2,1-2H3. The zero-order valence-corrected chi connectivity index (χ0v) is 12.8. The maximum atomic E-state index is 12.7. The Kier molecular flexibility index (Phi) is 4.81. The van der Waals surface area contributed by atoms with Gasteiger partial charge in [-0.15, -0.1) is 11.6 Å². The van der Waals surface area contributed by atoms with Gasteiger partial charge in [0.2, 0.25) is 0 Å². The summed E-state index contributed by atoms with van der Waals surface area (Å²) >= 11 is 5.87. The number of hydrogen-bond donors (Lipinski definition) is 0. The van der Waals surface area contributed by atoms with E-state index in [1.807, 2.05) is 4.57 Å². The SMILES string of the molecule is CC(C)CCCn1c(CCl)nc2cc(C(F)(F)F)ccc21. The molecule has 0 fully saturated rings. The zero-order valence-electron chi connectivity index (χ0n) is 12.0. The molecule has 2 rings (SSSR count). The van der Waals surface area contributed by atoms with Crippen molar-refractivity contribution in [3.05, 3.63) is 29.6 Å². The summed E-state index contributed by atoms with van der Waals surface area (Å²) in [5.74, 6) is 1.41. The van der Waals surface area contributed by atoms with Gasteiger partial charge in [-0.05, 0) is 37.0 Å². The minimum absolute atomic E-state index is 0.192. The molecule has 116 valence electrons. The van der Waals surface area contributed by atoms with E-state index in [1.54, 1.807) is 0 Å². The fourth-order valence-corrected chi connectivity index (χ4v) is 2.57. The van der Waals surface area contributed by atoms with Gasteiger partial charge in [0.15, 0.2) is 0 Å². The lowest BCUT2D eigenvalue weighted by atomic mass is 10.1. The number of rotatable bonds is 5. The highest BCUT2D eigenvalue weighted by Gasteiger charge is 2.31. The molecule has 0 atom stereocenters. The number of hydrogen-bond acceptors (Lipinski definition) is 1. The van der Waals surface area contributed by atoms with Gasteiger partial charge in [0.25, 0.3) is 0 Å². The Morgan fingerprint density at radius 1 is 1.29 bits per heavy atom. The fourth-order valence-electron chi connectivity index (χ4n) is 2.37. The van der Waals surface area contributed by atoms with Crippen molar-refractivity contribution < 1.29 is 13.2 Å². The van der Waals surface area contributed by atoms with E-state index in [0.29, 0.717) is 22.8 Å². The minimum atomic E-state index is -4.35. The highest BCUT2D eigenvalue weighted by molar-refractivity contribution is 6.16. The number of benzene rings is 1. The summed E-state index contributed by atoms with van der Waals surface area (Å²) in [7, 11) is 0. The molecule has 0 aliphatic carbocycles. The second-order valence-electron chi connectivity index (χ2n) is 5.55. The number of imidazole rings is 1. The van der Waals surface area contributed by atoms with E-state index >= 15 is 0 Å². The number of halogens is 4. The molecule has 0 bridgehead atoms. The van der Waals surface area contributed by atoms with Crippen molar-refractivity contribution in [3.8, 4) is 0 Å². The van der Waals surface area contributed by atoms with E-state index in [2.05, 4.69) is 18.8 Å². The van der Waals surface area contributed by atoms with Crippen LogP contribution in [0.3, 0.4) is 0 Å². The summed E-state index contributed by atoms with van der Waals surface area (Å²) in [4.78, 5) is 4.23. The number of fused-ring (bicyclic) bond motifs is 1. The van der Waals surface area contributed by atoms with Crippen LogP contribution in [0.1, 0.15) is 38.1 Å². The second-order valence-corrected chi connectivity index (χ2v) is 5.82. The third kappa shape index (κ3) is 3.70. The molecule has 0 unspecified atom stereocenters. The first-order valence-corrected chi connectivity index (χ1v) is 7.48. The first-order valence-electron chi connectivity index (χ1n) is 6.95. The van der Waals surface area contributed by atoms with Crippen LogP contribution in [0.15, 0.2) is 18.2 Å². The molecule has 21 heavy (non-hydrogen) atoms. The molecule has 2 aromatic rings. The number of aromatic nitrogens is 2. The maximum Gasteiger partial charge on any atom is 0.416 e. The molecule has 1 heterocycles. The quantitative estimate of drug-likeness (QED) is 0.690. The van der Waals surface area contributed by atoms with Crippen molar-refractivity contribution in [1.29, 1.82) is 0 Å². The van der Waals surface area contributed by atoms with E-state index in [9.17, 15) is 13.2 Å². The molecule has 6 heteroatoms. The van der Waals surface area contributed by atoms with Crippen LogP contribution in [0.25, 0.3) is 11.0 Å². The number of aryl methyl sites for hydroxylation is 1. The van der Waals surface area contributed by atoms with Crippen LogP contribution in [-0.2, 0) is 18.6 Å². The predicted molar refractivity (Wildman–Crippen MR) is 78.4 cm³/mol. The van der Waals surface area contributed by atoms with Crippen molar-refractivity contribution >= 4 is 22.6 Å². The highest BCUT2D eigenvalue weighted by atomic mass is 35.5. The van der Waals surface area contributed by atoms with Gasteiger partial charge >= 0.3 is 6.18 Å². The lowest BCUT2D eigenvalue weighted by Crippen LogP contribution is -2.05. The second kappa shape index (κ2) is 6.26. The van der Waals surface area contributed by atoms with Crippen LogP contribution in [0, 0.1) is 5.92 Å². The van der Waals surface area contributed by atoms with Gasteiger partial charge in [-0.3, -0.25) is 0 Å². The van der Waals surface area contributed by atoms with Gasteiger partial charge in [0.05, 0.1) is 22.5 Å². The van der Waals surface area contributed by atoms with E-state index in [4.69, 9.17) is 11.6 Å². The molecule has 2 nitrogen and oxygen atoms in total. The molecule has 0 aliphatic heterocycles. The van der Waals surface area contributed by atoms with E-state index in [0.717, 1.165) is 31.5 Å². The maximum absolute atomic E-state index is 12.7. The van der Waals surface area contributed by atoms with Crippen LogP contribution in [0.5, 0.6) is 0 Å². The largest absolute Gasteiger partial charge is 0.416 e. The first kappa shape index (κ1) is 16.1. The Morgan fingerprint density at radius 2 is 2.00 bits per heavy atom. The van der Waals surface area contributed by atoms with Gasteiger partial charge in [0, 0.05) is 6.54 Å². The molecule has 0 saturated carbocycles. The smallest absolute Gasteiger partial charge is 0.327 e. The van der Waals surface area contributed by atoms with Gasteiger partial charge in [0.1, 0.15) is 5.82 Å². The highest BCUT2D eigenvalue weighted by Crippen LogP contribution is 2.31. The summed E-state index contributed by atoms with van der Waals surface area (Å²) in [6.45, 7) is 5.01. The summed E-state index contributed by atoms with van der Waals surface area (Å²) in [5, 5.41) is 0. The summed E-state index contributed by atoms with van der Waals surface area (Å²) in [6.07, 6.45) is -2.34. The van der Waals surface area contributed by atoms with E-state index < -0.39 is 11.7 Å². The molecular formula is C15H18ClF3N2. The Hall–Kier alpha value is -1.23. The normalized spacial score (nSPS) is 12.5. The molecule has 1 aromatic heterocycles. The van der Waals surface area contributed by atoms with Gasteiger partial charge in [-0.1, -0.05) is 13.8 Å². The van der Waals surface area contributed by atoms with E-state index in [1.165, 1.54) is 6.07 Å². The third-order valence-electron chi connectivity index (χ3n) is 3.44. The minimum Gasteiger partial charge on any atom is -0.327 e. The average molecular weight is 319 g/mol. The lowest BCUT2D eigenvalue weighted by molar-refractivity contribution is -0.137. The van der Waals surface area contributed by atoms with Crippen molar-refractivity contribution in [2.24, 2.45) is 5.92 Å². The van der Waals surface area contributed by atoms with Crippen LogP contribution in [0.2, 0.25) is 0 Å². The van der Waals surface area contributed by atoms with Gasteiger partial charge in [-0.25, -0.2) is 4.98 Å². The van der Waals surface area contributed by atoms with Crippen molar-refractivity contribution in [3.63, 3.8) is 0 Å². The summed E-state index contributed by atoms with van der Waals surface area (Å²) < 4.78 is 40.1. The number of alkyl halides is 4. The molecule has 0 aliphatic rings. The third-order valence-corrected chi connectivity index (χ3v) is 3.68. The fraction of sp³-hybridized carbons (Fsp3) is 0.533. The van der Waals surface area contributed by atoms with Crippen LogP contribution < -0.4 is 0 Å². The Labute approximate surface area is 126 Å². The Bertz CT molecular complexity index is 617. The Morgan fingerprint density at radius 3 is 2.57 bits per heavy atom. The molecule has 0 radical (unpaired) electrons. The van der Waals surface area contributed by atoms with Crippen LogP contribution in [-0.4, -0.2) is 9.55 Å². The van der Waals surface area contributed by atoms with Crippen LogP contribution >= 0.6 is 11.6 Å². The summed E-state index contributed by atoms with van der Waals surface area (Å²) in [6, 6.07) is 3.67.